The van der Waals surface area contributed by atoms with Gasteiger partial charge in [0.05, 0.1) is 18.5 Å². The predicted molar refractivity (Wildman–Crippen MR) is 71.1 cm³/mol. The highest BCUT2D eigenvalue weighted by atomic mass is 19.1. The van der Waals surface area contributed by atoms with Crippen LogP contribution in [0.4, 0.5) is 20.2 Å². The molecule has 0 unspecified atom stereocenters. The standard InChI is InChI=1S/C14H14F2N2O/c1-19-14-5-3-10(15)6-9(14)8-18-13-7-11(16)2-4-12(13)17/h2-7,18H,8,17H2,1H3. The summed E-state index contributed by atoms with van der Waals surface area (Å²) in [5, 5.41) is 2.96. The van der Waals surface area contributed by atoms with Crippen molar-refractivity contribution in [2.75, 3.05) is 18.2 Å². The molecule has 2 aromatic carbocycles. The summed E-state index contributed by atoms with van der Waals surface area (Å²) in [5.74, 6) is -0.184. The molecule has 0 aliphatic rings. The first-order chi connectivity index (χ1) is 9.10. The van der Waals surface area contributed by atoms with Crippen LogP contribution in [0.3, 0.4) is 0 Å². The lowest BCUT2D eigenvalue weighted by Gasteiger charge is -2.12. The molecule has 2 aromatic rings. The van der Waals surface area contributed by atoms with Crippen molar-refractivity contribution in [3.63, 3.8) is 0 Å². The zero-order valence-corrected chi connectivity index (χ0v) is 10.4. The van der Waals surface area contributed by atoms with Crippen LogP contribution in [0.25, 0.3) is 0 Å². The van der Waals surface area contributed by atoms with E-state index in [-0.39, 0.29) is 18.2 Å². The molecule has 0 aliphatic heterocycles. The fraction of sp³-hybridized carbons (Fsp3) is 0.143. The number of ether oxygens (including phenoxy) is 1. The Hall–Kier alpha value is -2.30. The van der Waals surface area contributed by atoms with Gasteiger partial charge in [-0.3, -0.25) is 0 Å². The minimum atomic E-state index is -0.386. The molecule has 0 saturated heterocycles. The minimum absolute atomic E-state index is 0.286. The summed E-state index contributed by atoms with van der Waals surface area (Å²) in [6, 6.07) is 8.27. The van der Waals surface area contributed by atoms with Gasteiger partial charge in [-0.15, -0.1) is 0 Å². The lowest BCUT2D eigenvalue weighted by molar-refractivity contribution is 0.409. The third kappa shape index (κ3) is 3.13. The summed E-state index contributed by atoms with van der Waals surface area (Å²) in [4.78, 5) is 0. The van der Waals surface area contributed by atoms with Gasteiger partial charge >= 0.3 is 0 Å². The molecule has 0 aromatic heterocycles. The Kier molecular flexibility index (Phi) is 3.85. The largest absolute Gasteiger partial charge is 0.496 e. The molecule has 3 nitrogen and oxygen atoms in total. The van der Waals surface area contributed by atoms with Gasteiger partial charge in [0.1, 0.15) is 17.4 Å². The smallest absolute Gasteiger partial charge is 0.125 e. The molecule has 0 heterocycles. The number of halogens is 2. The SMILES string of the molecule is COc1ccc(F)cc1CNc1cc(F)ccc1N. The highest BCUT2D eigenvalue weighted by molar-refractivity contribution is 5.66. The number of nitrogen functional groups attached to an aromatic ring is 1. The minimum Gasteiger partial charge on any atom is -0.496 e. The molecule has 0 radical (unpaired) electrons. The van der Waals surface area contributed by atoms with Crippen molar-refractivity contribution in [1.82, 2.24) is 0 Å². The van der Waals surface area contributed by atoms with Crippen molar-refractivity contribution in [2.24, 2.45) is 0 Å². The van der Waals surface area contributed by atoms with Crippen molar-refractivity contribution >= 4 is 11.4 Å². The van der Waals surface area contributed by atoms with Crippen LogP contribution < -0.4 is 15.8 Å². The maximum absolute atomic E-state index is 13.2. The average molecular weight is 264 g/mol. The van der Waals surface area contributed by atoms with Crippen LogP contribution in [0.15, 0.2) is 36.4 Å². The Bertz CT molecular complexity index is 588. The number of nitrogens with one attached hydrogen (secondary N) is 1. The van der Waals surface area contributed by atoms with Crippen LogP contribution in [-0.2, 0) is 6.54 Å². The van der Waals surface area contributed by atoms with Gasteiger partial charge in [0.2, 0.25) is 0 Å². The van der Waals surface area contributed by atoms with Crippen LogP contribution >= 0.6 is 0 Å². The van der Waals surface area contributed by atoms with E-state index >= 15 is 0 Å². The van der Waals surface area contributed by atoms with Gasteiger partial charge in [0.15, 0.2) is 0 Å². The second-order valence-electron chi connectivity index (χ2n) is 4.04. The fourth-order valence-corrected chi connectivity index (χ4v) is 1.76. The number of hydrogen-bond acceptors (Lipinski definition) is 3. The summed E-state index contributed by atoms with van der Waals surface area (Å²) in [5.41, 5.74) is 7.24. The van der Waals surface area contributed by atoms with E-state index in [9.17, 15) is 8.78 Å². The molecule has 2 rings (SSSR count). The van der Waals surface area contributed by atoms with Crippen molar-refractivity contribution in [3.8, 4) is 5.75 Å². The first-order valence-corrected chi connectivity index (χ1v) is 5.71. The molecule has 0 atom stereocenters. The van der Waals surface area contributed by atoms with E-state index in [1.54, 1.807) is 6.07 Å². The Morgan fingerprint density at radius 3 is 2.53 bits per heavy atom. The van der Waals surface area contributed by atoms with Gasteiger partial charge in [-0.2, -0.15) is 0 Å². The molecule has 3 N–H and O–H groups in total. The molecule has 0 aliphatic carbocycles. The zero-order chi connectivity index (χ0) is 13.8. The van der Waals surface area contributed by atoms with Crippen LogP contribution in [-0.4, -0.2) is 7.11 Å². The van der Waals surface area contributed by atoms with E-state index in [0.717, 1.165) is 0 Å². The predicted octanol–water partition coefficient (Wildman–Crippen LogP) is 3.17. The summed E-state index contributed by atoms with van der Waals surface area (Å²) in [6.45, 7) is 0.286. The van der Waals surface area contributed by atoms with Crippen LogP contribution in [0.5, 0.6) is 5.75 Å². The first kappa shape index (κ1) is 13.1. The van der Waals surface area contributed by atoms with Crippen molar-refractivity contribution in [2.45, 2.75) is 6.54 Å². The summed E-state index contributed by atoms with van der Waals surface area (Å²) >= 11 is 0. The monoisotopic (exact) mass is 264 g/mol. The molecule has 100 valence electrons. The lowest BCUT2D eigenvalue weighted by Crippen LogP contribution is -2.04. The van der Waals surface area contributed by atoms with E-state index < -0.39 is 0 Å². The third-order valence-electron chi connectivity index (χ3n) is 2.73. The Morgan fingerprint density at radius 1 is 1.11 bits per heavy atom. The van der Waals surface area contributed by atoms with E-state index in [1.165, 1.54) is 37.4 Å². The Labute approximate surface area is 110 Å². The molecule has 19 heavy (non-hydrogen) atoms. The average Bonchev–Trinajstić information content (AvgIpc) is 2.40. The second-order valence-corrected chi connectivity index (χ2v) is 4.04. The van der Waals surface area contributed by atoms with Gasteiger partial charge in [-0.1, -0.05) is 0 Å². The number of benzene rings is 2. The van der Waals surface area contributed by atoms with Crippen molar-refractivity contribution in [3.05, 3.63) is 53.6 Å². The molecule has 0 fully saturated rings. The number of nitrogens with two attached hydrogens (primary N) is 1. The quantitative estimate of drug-likeness (QED) is 0.834. The van der Waals surface area contributed by atoms with Crippen molar-refractivity contribution < 1.29 is 13.5 Å². The highest BCUT2D eigenvalue weighted by Crippen LogP contribution is 2.23. The van der Waals surface area contributed by atoms with E-state index in [4.69, 9.17) is 10.5 Å². The fourth-order valence-electron chi connectivity index (χ4n) is 1.76. The van der Waals surface area contributed by atoms with Crippen LogP contribution in [0.2, 0.25) is 0 Å². The Morgan fingerprint density at radius 2 is 1.79 bits per heavy atom. The van der Waals surface area contributed by atoms with Gasteiger partial charge in [0, 0.05) is 12.1 Å². The molecule has 0 spiro atoms. The summed E-state index contributed by atoms with van der Waals surface area (Å²) < 4.78 is 31.4. The molecule has 5 heteroatoms. The van der Waals surface area contributed by atoms with Gasteiger partial charge in [-0.25, -0.2) is 8.78 Å². The third-order valence-corrected chi connectivity index (χ3v) is 2.73. The number of hydrogen-bond donors (Lipinski definition) is 2. The normalized spacial score (nSPS) is 10.3. The van der Waals surface area contributed by atoms with E-state index in [0.29, 0.717) is 22.7 Å². The molecule has 0 saturated carbocycles. The maximum Gasteiger partial charge on any atom is 0.125 e. The van der Waals surface area contributed by atoms with Gasteiger partial charge in [0.25, 0.3) is 0 Å². The van der Waals surface area contributed by atoms with Gasteiger partial charge < -0.3 is 15.8 Å². The first-order valence-electron chi connectivity index (χ1n) is 5.71. The Balaban J connectivity index is 2.18. The number of anilines is 2. The van der Waals surface area contributed by atoms with E-state index in [2.05, 4.69) is 5.32 Å². The maximum atomic E-state index is 13.2. The molecule has 0 bridgehead atoms. The van der Waals surface area contributed by atoms with Crippen LogP contribution in [0.1, 0.15) is 5.56 Å². The van der Waals surface area contributed by atoms with E-state index in [1.807, 2.05) is 0 Å². The summed E-state index contributed by atoms with van der Waals surface area (Å²) in [7, 11) is 1.51. The van der Waals surface area contributed by atoms with Gasteiger partial charge in [-0.05, 0) is 36.4 Å². The molecular weight excluding hydrogens is 250 g/mol. The number of rotatable bonds is 4. The highest BCUT2D eigenvalue weighted by Gasteiger charge is 2.06. The summed E-state index contributed by atoms with van der Waals surface area (Å²) in [6.07, 6.45) is 0. The zero-order valence-electron chi connectivity index (χ0n) is 10.4. The van der Waals surface area contributed by atoms with Crippen LogP contribution in [0, 0.1) is 11.6 Å². The van der Waals surface area contributed by atoms with Crippen molar-refractivity contribution in [1.29, 1.82) is 0 Å². The molecule has 0 amide bonds. The molecular formula is C14H14F2N2O. The second kappa shape index (κ2) is 5.56. The topological polar surface area (TPSA) is 47.3 Å². The lowest BCUT2D eigenvalue weighted by atomic mass is 10.2. The number of methoxy groups -OCH3 is 1.